The van der Waals surface area contributed by atoms with E-state index in [1.165, 1.54) is 10.7 Å². The molecule has 0 bridgehead atoms. The van der Waals surface area contributed by atoms with Crippen LogP contribution in [0, 0.1) is 0 Å². The maximum Gasteiger partial charge on any atom is 0.308 e. The second-order valence-corrected chi connectivity index (χ2v) is 10.8. The molecule has 0 atom stereocenters. The second-order valence-electron chi connectivity index (χ2n) is 7.91. The summed E-state index contributed by atoms with van der Waals surface area (Å²) in [4.78, 5) is 24.8. The number of hydrogen-bond donors (Lipinski definition) is 1. The lowest BCUT2D eigenvalue weighted by Gasteiger charge is -2.22. The summed E-state index contributed by atoms with van der Waals surface area (Å²) >= 11 is 1.03. The summed E-state index contributed by atoms with van der Waals surface area (Å²) < 4.78 is 29.3. The van der Waals surface area contributed by atoms with Crippen LogP contribution in [0.15, 0.2) is 27.9 Å². The minimum Gasteiger partial charge on any atom is -0.353 e. The van der Waals surface area contributed by atoms with Crippen LogP contribution in [0.2, 0.25) is 0 Å². The summed E-state index contributed by atoms with van der Waals surface area (Å²) in [6.07, 6.45) is 7.61. The minimum atomic E-state index is -3.51. The van der Waals surface area contributed by atoms with Crippen molar-refractivity contribution in [1.29, 1.82) is 0 Å². The fraction of sp³-hybridized carbons (Fsp3) is 0.600. The Bertz CT molecular complexity index is 1050. The van der Waals surface area contributed by atoms with Gasteiger partial charge in [0.1, 0.15) is 0 Å². The highest BCUT2D eigenvalue weighted by atomic mass is 32.2. The van der Waals surface area contributed by atoms with Crippen molar-refractivity contribution in [2.45, 2.75) is 68.8 Å². The summed E-state index contributed by atoms with van der Waals surface area (Å²) in [6, 6.07) is 5.11. The number of carbonyl (C=O) groups excluding carboxylic acids is 1. The van der Waals surface area contributed by atoms with Gasteiger partial charge in [-0.1, -0.05) is 30.6 Å². The molecular weight excluding hydrogens is 410 g/mol. The van der Waals surface area contributed by atoms with Gasteiger partial charge in [0.2, 0.25) is 15.9 Å². The van der Waals surface area contributed by atoms with E-state index in [9.17, 15) is 18.0 Å². The zero-order valence-corrected chi connectivity index (χ0v) is 18.1. The molecule has 1 aromatic heterocycles. The number of nitrogens with zero attached hydrogens (tertiary/aromatic N) is 2. The van der Waals surface area contributed by atoms with Crippen molar-refractivity contribution in [1.82, 2.24) is 14.2 Å². The van der Waals surface area contributed by atoms with Crippen LogP contribution in [0.1, 0.15) is 51.4 Å². The maximum atomic E-state index is 12.8. The Hall–Kier alpha value is -1.71. The van der Waals surface area contributed by atoms with Crippen molar-refractivity contribution in [2.75, 3.05) is 13.1 Å². The van der Waals surface area contributed by atoms with E-state index in [-0.39, 0.29) is 28.1 Å². The normalized spacial score (nSPS) is 19.0. The van der Waals surface area contributed by atoms with Crippen LogP contribution in [0.3, 0.4) is 0 Å². The van der Waals surface area contributed by atoms with Crippen molar-refractivity contribution >= 4 is 37.5 Å². The number of aryl methyl sites for hydroxylation is 1. The number of amides is 1. The van der Waals surface area contributed by atoms with Crippen LogP contribution >= 0.6 is 11.3 Å². The highest BCUT2D eigenvalue weighted by molar-refractivity contribution is 7.89. The van der Waals surface area contributed by atoms with E-state index in [4.69, 9.17) is 0 Å². The van der Waals surface area contributed by atoms with Gasteiger partial charge in [0.25, 0.3) is 0 Å². The highest BCUT2D eigenvalue weighted by Crippen LogP contribution is 2.26. The third kappa shape index (κ3) is 4.41. The average Bonchev–Trinajstić information content (AvgIpc) is 3.35. The van der Waals surface area contributed by atoms with Crippen LogP contribution in [0.4, 0.5) is 0 Å². The average molecular weight is 438 g/mol. The molecule has 2 fully saturated rings. The van der Waals surface area contributed by atoms with Crippen molar-refractivity contribution in [2.24, 2.45) is 0 Å². The Morgan fingerprint density at radius 2 is 1.83 bits per heavy atom. The smallest absolute Gasteiger partial charge is 0.308 e. The standard InChI is InChI=1S/C20H27N3O4S2/c24-19(21-15-6-2-1-3-7-15)10-13-23-17-9-8-16(14-18(17)28-20(23)25)29(26,27)22-11-4-5-12-22/h8-9,14-15H,1-7,10-13H2,(H,21,24). The molecule has 9 heteroatoms. The second kappa shape index (κ2) is 8.57. The molecule has 2 heterocycles. The van der Waals surface area contributed by atoms with E-state index in [0.29, 0.717) is 29.9 Å². The van der Waals surface area contributed by atoms with Gasteiger partial charge in [-0.2, -0.15) is 4.31 Å². The largest absolute Gasteiger partial charge is 0.353 e. The molecule has 29 heavy (non-hydrogen) atoms. The fourth-order valence-corrected chi connectivity index (χ4v) is 6.83. The number of thiazole rings is 1. The lowest BCUT2D eigenvalue weighted by Crippen LogP contribution is -2.36. The van der Waals surface area contributed by atoms with Crippen molar-refractivity contribution in [3.05, 3.63) is 27.9 Å². The topological polar surface area (TPSA) is 88.5 Å². The van der Waals surface area contributed by atoms with Crippen molar-refractivity contribution in [3.63, 3.8) is 0 Å². The van der Waals surface area contributed by atoms with E-state index in [0.717, 1.165) is 49.9 Å². The molecule has 0 spiro atoms. The van der Waals surface area contributed by atoms with E-state index in [1.54, 1.807) is 22.8 Å². The molecule has 1 saturated carbocycles. The first-order valence-electron chi connectivity index (χ1n) is 10.4. The molecule has 1 aliphatic heterocycles. The van der Waals surface area contributed by atoms with Gasteiger partial charge in [0, 0.05) is 32.1 Å². The summed E-state index contributed by atoms with van der Waals surface area (Å²) in [6.45, 7) is 1.40. The molecule has 1 N–H and O–H groups in total. The van der Waals surface area contributed by atoms with Gasteiger partial charge in [0.15, 0.2) is 0 Å². The van der Waals surface area contributed by atoms with Gasteiger partial charge in [0.05, 0.1) is 15.1 Å². The summed E-state index contributed by atoms with van der Waals surface area (Å²) in [5.74, 6) is -0.0311. The molecule has 7 nitrogen and oxygen atoms in total. The van der Waals surface area contributed by atoms with Gasteiger partial charge in [-0.3, -0.25) is 14.2 Å². The maximum absolute atomic E-state index is 12.8. The van der Waals surface area contributed by atoms with Crippen molar-refractivity contribution < 1.29 is 13.2 Å². The third-order valence-electron chi connectivity index (χ3n) is 5.88. The SMILES string of the molecule is O=C(CCn1c(=O)sc2cc(S(=O)(=O)N3CCCC3)ccc21)NC1CCCCC1. The predicted molar refractivity (Wildman–Crippen MR) is 114 cm³/mol. The minimum absolute atomic E-state index is 0.0311. The molecule has 2 aromatic rings. The summed E-state index contributed by atoms with van der Waals surface area (Å²) in [5.41, 5.74) is 0.686. The number of rotatable bonds is 6. The van der Waals surface area contributed by atoms with Crippen molar-refractivity contribution in [3.8, 4) is 0 Å². The Labute approximate surface area is 174 Å². The number of sulfonamides is 1. The van der Waals surface area contributed by atoms with Crippen LogP contribution in [0.5, 0.6) is 0 Å². The molecule has 1 aromatic carbocycles. The molecule has 158 valence electrons. The molecular formula is C20H27N3O4S2. The van der Waals surface area contributed by atoms with E-state index < -0.39 is 10.0 Å². The van der Waals surface area contributed by atoms with Gasteiger partial charge in [-0.25, -0.2) is 8.42 Å². The van der Waals surface area contributed by atoms with Crippen LogP contribution in [-0.4, -0.2) is 42.3 Å². The highest BCUT2D eigenvalue weighted by Gasteiger charge is 2.27. The predicted octanol–water partition coefficient (Wildman–Crippen LogP) is 2.69. The van der Waals surface area contributed by atoms with E-state index >= 15 is 0 Å². The third-order valence-corrected chi connectivity index (χ3v) is 8.71. The lowest BCUT2D eigenvalue weighted by molar-refractivity contribution is -0.122. The van der Waals surface area contributed by atoms with Gasteiger partial charge >= 0.3 is 4.87 Å². The molecule has 4 rings (SSSR count). The molecule has 2 aliphatic rings. The Morgan fingerprint density at radius 1 is 1.10 bits per heavy atom. The fourth-order valence-electron chi connectivity index (χ4n) is 4.26. The quantitative estimate of drug-likeness (QED) is 0.753. The molecule has 0 radical (unpaired) electrons. The van der Waals surface area contributed by atoms with Crippen LogP contribution < -0.4 is 10.2 Å². The first-order valence-corrected chi connectivity index (χ1v) is 12.6. The Kier molecular flexibility index (Phi) is 6.08. The zero-order chi connectivity index (χ0) is 20.4. The first-order chi connectivity index (χ1) is 13.9. The number of fused-ring (bicyclic) bond motifs is 1. The number of benzene rings is 1. The number of hydrogen-bond acceptors (Lipinski definition) is 5. The van der Waals surface area contributed by atoms with Crippen LogP contribution in [-0.2, 0) is 21.4 Å². The monoisotopic (exact) mass is 437 g/mol. The number of carbonyl (C=O) groups is 1. The molecule has 0 unspecified atom stereocenters. The van der Waals surface area contributed by atoms with E-state index in [2.05, 4.69) is 5.32 Å². The van der Waals surface area contributed by atoms with Gasteiger partial charge in [-0.05, 0) is 43.9 Å². The Morgan fingerprint density at radius 3 is 2.55 bits per heavy atom. The number of aromatic nitrogens is 1. The van der Waals surface area contributed by atoms with Gasteiger partial charge < -0.3 is 5.32 Å². The summed E-state index contributed by atoms with van der Waals surface area (Å²) in [7, 11) is -3.51. The molecule has 1 saturated heterocycles. The lowest BCUT2D eigenvalue weighted by atomic mass is 9.95. The van der Waals surface area contributed by atoms with Gasteiger partial charge in [-0.15, -0.1) is 0 Å². The molecule has 1 aliphatic carbocycles. The zero-order valence-electron chi connectivity index (χ0n) is 16.4. The summed E-state index contributed by atoms with van der Waals surface area (Å²) in [5, 5.41) is 3.07. The number of nitrogens with one attached hydrogen (secondary N) is 1. The van der Waals surface area contributed by atoms with E-state index in [1.807, 2.05) is 0 Å². The first kappa shape index (κ1) is 20.6. The molecule has 1 amide bonds. The Balaban J connectivity index is 1.48. The van der Waals surface area contributed by atoms with Crippen LogP contribution in [0.25, 0.3) is 10.2 Å².